The number of esters is 2. The maximum atomic E-state index is 11.3. The number of carbonyl (C=O) groups is 2. The van der Waals surface area contributed by atoms with Crippen LogP contribution in [0.2, 0.25) is 0 Å². The van der Waals surface area contributed by atoms with Crippen molar-refractivity contribution >= 4 is 11.9 Å². The minimum absolute atomic E-state index is 0.383. The van der Waals surface area contributed by atoms with Gasteiger partial charge in [-0.05, 0) is 19.8 Å². The molecule has 0 aromatic carbocycles. The summed E-state index contributed by atoms with van der Waals surface area (Å²) in [6.45, 7) is 7.11. The zero-order valence-electron chi connectivity index (χ0n) is 15.3. The van der Waals surface area contributed by atoms with Crippen molar-refractivity contribution in [2.24, 2.45) is 0 Å². The highest BCUT2D eigenvalue weighted by molar-refractivity contribution is 5.67. The summed E-state index contributed by atoms with van der Waals surface area (Å²) in [5.74, 6) is -0.817. The summed E-state index contributed by atoms with van der Waals surface area (Å²) in [6.07, 6.45) is 8.92. The van der Waals surface area contributed by atoms with E-state index < -0.39 is 18.4 Å². The van der Waals surface area contributed by atoms with Gasteiger partial charge >= 0.3 is 11.9 Å². The minimum Gasteiger partial charge on any atom is -0.456 e. The molecule has 0 spiro atoms. The lowest BCUT2D eigenvalue weighted by atomic mass is 10.1. The van der Waals surface area contributed by atoms with Gasteiger partial charge in [-0.25, -0.2) is 0 Å². The first-order valence-electron chi connectivity index (χ1n) is 8.97. The van der Waals surface area contributed by atoms with Crippen LogP contribution in [0, 0.1) is 0 Å². The molecule has 0 saturated heterocycles. The van der Waals surface area contributed by atoms with Gasteiger partial charge in [0, 0.05) is 20.5 Å². The number of unbranched alkanes of at least 4 members (excludes halogenated alkanes) is 7. The average molecular weight is 330 g/mol. The van der Waals surface area contributed by atoms with Crippen LogP contribution in [0.3, 0.4) is 0 Å². The lowest BCUT2D eigenvalue weighted by Crippen LogP contribution is -2.36. The summed E-state index contributed by atoms with van der Waals surface area (Å²) in [7, 11) is 0. The van der Waals surface area contributed by atoms with Crippen molar-refractivity contribution in [2.45, 2.75) is 97.9 Å². The Balaban J connectivity index is 4.16. The monoisotopic (exact) mass is 330 g/mol. The van der Waals surface area contributed by atoms with Gasteiger partial charge in [0.15, 0.2) is 6.10 Å². The second-order valence-corrected chi connectivity index (χ2v) is 5.84. The van der Waals surface area contributed by atoms with Crippen LogP contribution in [0.1, 0.15) is 85.5 Å². The third-order valence-corrected chi connectivity index (χ3v) is 3.58. The molecule has 0 N–H and O–H groups in total. The molecule has 5 heteroatoms. The van der Waals surface area contributed by atoms with Crippen molar-refractivity contribution in [2.75, 3.05) is 6.61 Å². The van der Waals surface area contributed by atoms with Crippen molar-refractivity contribution in [3.05, 3.63) is 0 Å². The zero-order chi connectivity index (χ0) is 17.5. The van der Waals surface area contributed by atoms with Crippen LogP contribution in [0.4, 0.5) is 0 Å². The zero-order valence-corrected chi connectivity index (χ0v) is 15.3. The summed E-state index contributed by atoms with van der Waals surface area (Å²) < 4.78 is 15.8. The highest BCUT2D eigenvalue weighted by atomic mass is 16.7. The van der Waals surface area contributed by atoms with E-state index >= 15 is 0 Å². The standard InChI is InChI=1S/C18H34O5/c1-5-7-8-9-10-11-12-13-14-17(22-15(3)19)18(21-6-2)23-16(4)20/h17-18H,5-14H2,1-4H3. The van der Waals surface area contributed by atoms with Gasteiger partial charge in [0.05, 0.1) is 0 Å². The molecule has 0 aromatic rings. The van der Waals surface area contributed by atoms with Gasteiger partial charge in [0.2, 0.25) is 6.29 Å². The number of carbonyl (C=O) groups excluding carboxylic acids is 2. The molecule has 23 heavy (non-hydrogen) atoms. The summed E-state index contributed by atoms with van der Waals surface area (Å²) >= 11 is 0. The first-order chi connectivity index (χ1) is 11.0. The number of hydrogen-bond donors (Lipinski definition) is 0. The fourth-order valence-electron chi connectivity index (χ4n) is 2.49. The molecule has 0 heterocycles. The molecule has 2 unspecified atom stereocenters. The molecule has 0 aliphatic rings. The van der Waals surface area contributed by atoms with Crippen molar-refractivity contribution < 1.29 is 23.8 Å². The van der Waals surface area contributed by atoms with E-state index in [4.69, 9.17) is 14.2 Å². The van der Waals surface area contributed by atoms with Crippen LogP contribution in [0.15, 0.2) is 0 Å². The predicted molar refractivity (Wildman–Crippen MR) is 90.0 cm³/mol. The summed E-state index contributed by atoms with van der Waals surface area (Å²) in [6, 6.07) is 0. The lowest BCUT2D eigenvalue weighted by molar-refractivity contribution is -0.210. The second kappa shape index (κ2) is 14.5. The van der Waals surface area contributed by atoms with Crippen LogP contribution in [-0.4, -0.2) is 30.9 Å². The largest absolute Gasteiger partial charge is 0.456 e. The molecule has 136 valence electrons. The Morgan fingerprint density at radius 2 is 1.30 bits per heavy atom. The van der Waals surface area contributed by atoms with Crippen LogP contribution >= 0.6 is 0 Å². The molecule has 2 atom stereocenters. The highest BCUT2D eigenvalue weighted by Gasteiger charge is 2.27. The molecule has 0 aliphatic heterocycles. The summed E-state index contributed by atoms with van der Waals surface area (Å²) in [5.41, 5.74) is 0. The van der Waals surface area contributed by atoms with Crippen LogP contribution in [0.25, 0.3) is 0 Å². The van der Waals surface area contributed by atoms with Crippen LogP contribution < -0.4 is 0 Å². The van der Waals surface area contributed by atoms with E-state index in [1.165, 1.54) is 52.4 Å². The van der Waals surface area contributed by atoms with Gasteiger partial charge < -0.3 is 14.2 Å². The first-order valence-corrected chi connectivity index (χ1v) is 8.97. The molecule has 0 amide bonds. The smallest absolute Gasteiger partial charge is 0.305 e. The normalized spacial score (nSPS) is 13.4. The topological polar surface area (TPSA) is 61.8 Å². The van der Waals surface area contributed by atoms with Crippen molar-refractivity contribution in [1.29, 1.82) is 0 Å². The van der Waals surface area contributed by atoms with Gasteiger partial charge in [-0.15, -0.1) is 0 Å². The van der Waals surface area contributed by atoms with E-state index in [1.807, 2.05) is 6.92 Å². The average Bonchev–Trinajstić information content (AvgIpc) is 2.47. The molecule has 5 nitrogen and oxygen atoms in total. The Morgan fingerprint density at radius 1 is 0.783 bits per heavy atom. The maximum absolute atomic E-state index is 11.3. The van der Waals surface area contributed by atoms with Gasteiger partial charge in [-0.1, -0.05) is 51.9 Å². The first kappa shape index (κ1) is 21.9. The Kier molecular flexibility index (Phi) is 13.8. The van der Waals surface area contributed by atoms with E-state index in [0.717, 1.165) is 12.8 Å². The molecule has 0 fully saturated rings. The van der Waals surface area contributed by atoms with Crippen LogP contribution in [-0.2, 0) is 23.8 Å². The fourth-order valence-corrected chi connectivity index (χ4v) is 2.49. The summed E-state index contributed by atoms with van der Waals surface area (Å²) in [4.78, 5) is 22.4. The molecule has 0 aliphatic carbocycles. The quantitative estimate of drug-likeness (QED) is 0.269. The lowest BCUT2D eigenvalue weighted by Gasteiger charge is -2.25. The van der Waals surface area contributed by atoms with E-state index in [-0.39, 0.29) is 5.97 Å². The number of hydrogen-bond acceptors (Lipinski definition) is 5. The van der Waals surface area contributed by atoms with Crippen molar-refractivity contribution in [3.63, 3.8) is 0 Å². The third kappa shape index (κ3) is 13.1. The number of rotatable bonds is 14. The molecular weight excluding hydrogens is 296 g/mol. The number of ether oxygens (including phenoxy) is 3. The van der Waals surface area contributed by atoms with Crippen molar-refractivity contribution in [3.8, 4) is 0 Å². The molecular formula is C18H34O5. The van der Waals surface area contributed by atoms with E-state index in [2.05, 4.69) is 6.92 Å². The molecule has 0 radical (unpaired) electrons. The highest BCUT2D eigenvalue weighted by Crippen LogP contribution is 2.17. The second-order valence-electron chi connectivity index (χ2n) is 5.84. The fraction of sp³-hybridized carbons (Fsp3) is 0.889. The van der Waals surface area contributed by atoms with Gasteiger partial charge in [-0.2, -0.15) is 0 Å². The van der Waals surface area contributed by atoms with Gasteiger partial charge in [0.1, 0.15) is 0 Å². The molecule has 0 aromatic heterocycles. The van der Waals surface area contributed by atoms with Crippen molar-refractivity contribution in [1.82, 2.24) is 0 Å². The molecule has 0 saturated carbocycles. The van der Waals surface area contributed by atoms with E-state index in [1.54, 1.807) is 0 Å². The van der Waals surface area contributed by atoms with Gasteiger partial charge in [0.25, 0.3) is 0 Å². The van der Waals surface area contributed by atoms with Crippen LogP contribution in [0.5, 0.6) is 0 Å². The maximum Gasteiger partial charge on any atom is 0.305 e. The van der Waals surface area contributed by atoms with Gasteiger partial charge in [-0.3, -0.25) is 9.59 Å². The predicted octanol–water partition coefficient (Wildman–Crippen LogP) is 4.37. The third-order valence-electron chi connectivity index (χ3n) is 3.58. The Bertz CT molecular complexity index is 317. The SMILES string of the molecule is CCCCCCCCCCC(OC(C)=O)C(OCC)OC(C)=O. The Morgan fingerprint density at radius 3 is 1.78 bits per heavy atom. The Labute approximate surface area is 141 Å². The van der Waals surface area contributed by atoms with E-state index in [9.17, 15) is 9.59 Å². The molecule has 0 bridgehead atoms. The Hall–Kier alpha value is -1.10. The summed E-state index contributed by atoms with van der Waals surface area (Å²) in [5, 5.41) is 0. The molecule has 0 rings (SSSR count). The minimum atomic E-state index is -0.814. The van der Waals surface area contributed by atoms with E-state index in [0.29, 0.717) is 13.0 Å².